The second-order valence-corrected chi connectivity index (χ2v) is 7.32. The number of hydrogen-bond acceptors (Lipinski definition) is 4. The molecule has 0 bridgehead atoms. The van der Waals surface area contributed by atoms with Crippen LogP contribution in [0.25, 0.3) is 0 Å². The summed E-state index contributed by atoms with van der Waals surface area (Å²) >= 11 is 0. The first-order valence-corrected chi connectivity index (χ1v) is 7.88. The monoisotopic (exact) mass is 280 g/mol. The van der Waals surface area contributed by atoms with Crippen molar-refractivity contribution in [2.24, 2.45) is 0 Å². The van der Waals surface area contributed by atoms with Gasteiger partial charge in [0.1, 0.15) is 5.54 Å². The first-order chi connectivity index (χ1) is 7.84. The summed E-state index contributed by atoms with van der Waals surface area (Å²) in [5, 5.41) is 2.66. The van der Waals surface area contributed by atoms with E-state index in [1.54, 1.807) is 0 Å². The molecule has 2 fully saturated rings. The lowest BCUT2D eigenvalue weighted by Crippen LogP contribution is -2.44. The minimum atomic E-state index is -3.70. The van der Waals surface area contributed by atoms with Gasteiger partial charge in [-0.2, -0.15) is 0 Å². The Bertz CT molecular complexity index is 456. The van der Waals surface area contributed by atoms with Gasteiger partial charge in [0.2, 0.25) is 9.05 Å². The maximum absolute atomic E-state index is 12.1. The fraction of sp³-hybridized carbons (Fsp3) is 0.778. The van der Waals surface area contributed by atoms with Gasteiger partial charge < -0.3 is 5.32 Å². The topological polar surface area (TPSA) is 83.6 Å². The summed E-state index contributed by atoms with van der Waals surface area (Å²) in [4.78, 5) is 24.6. The number of hydrogen-bond donors (Lipinski definition) is 1. The molecule has 0 unspecified atom stereocenters. The lowest BCUT2D eigenvalue weighted by molar-refractivity contribution is -0.130. The maximum atomic E-state index is 12.1. The predicted molar refractivity (Wildman–Crippen MR) is 61.1 cm³/mol. The fourth-order valence-corrected chi connectivity index (χ4v) is 3.00. The van der Waals surface area contributed by atoms with Crippen molar-refractivity contribution in [3.8, 4) is 0 Å². The molecule has 0 radical (unpaired) electrons. The standard InChI is InChI=1S/C9H13ClN2O4S/c10-17(15,16)6-5-12-7(13)9(11-8(12)14)3-1-2-4-9/h1-6H2,(H,11,14). The molecule has 0 aromatic rings. The smallest absolute Gasteiger partial charge is 0.323 e. The summed E-state index contributed by atoms with van der Waals surface area (Å²) in [5.41, 5.74) is -0.785. The van der Waals surface area contributed by atoms with Crippen molar-refractivity contribution in [3.63, 3.8) is 0 Å². The molecule has 3 amide bonds. The Balaban J connectivity index is 2.09. The zero-order valence-corrected chi connectivity index (χ0v) is 10.7. The highest BCUT2D eigenvalue weighted by Gasteiger charge is 2.52. The van der Waals surface area contributed by atoms with Gasteiger partial charge in [0, 0.05) is 17.2 Å². The van der Waals surface area contributed by atoms with Crippen LogP contribution in [0.1, 0.15) is 25.7 Å². The molecule has 2 aliphatic rings. The van der Waals surface area contributed by atoms with Crippen molar-refractivity contribution in [2.75, 3.05) is 12.3 Å². The van der Waals surface area contributed by atoms with E-state index >= 15 is 0 Å². The maximum Gasteiger partial charge on any atom is 0.325 e. The first-order valence-electron chi connectivity index (χ1n) is 5.41. The van der Waals surface area contributed by atoms with E-state index in [1.165, 1.54) is 0 Å². The van der Waals surface area contributed by atoms with Crippen LogP contribution in [0, 0.1) is 0 Å². The van der Waals surface area contributed by atoms with Gasteiger partial charge >= 0.3 is 6.03 Å². The van der Waals surface area contributed by atoms with E-state index in [2.05, 4.69) is 5.32 Å². The van der Waals surface area contributed by atoms with Crippen LogP contribution in [0.3, 0.4) is 0 Å². The molecular formula is C9H13ClN2O4S. The molecule has 1 heterocycles. The van der Waals surface area contributed by atoms with Crippen molar-refractivity contribution < 1.29 is 18.0 Å². The van der Waals surface area contributed by atoms with Crippen molar-refractivity contribution in [2.45, 2.75) is 31.2 Å². The number of halogens is 1. The second-order valence-electron chi connectivity index (χ2n) is 4.42. The molecule has 17 heavy (non-hydrogen) atoms. The summed E-state index contributed by atoms with van der Waals surface area (Å²) in [6, 6.07) is -0.516. The van der Waals surface area contributed by atoms with Gasteiger partial charge in [-0.15, -0.1) is 0 Å². The molecule has 1 aliphatic heterocycles. The average molecular weight is 281 g/mol. The van der Waals surface area contributed by atoms with Gasteiger partial charge in [-0.3, -0.25) is 9.69 Å². The highest BCUT2D eigenvalue weighted by molar-refractivity contribution is 8.13. The Morgan fingerprint density at radius 1 is 1.29 bits per heavy atom. The SMILES string of the molecule is O=C1NC2(CCCC2)C(=O)N1CCS(=O)(=O)Cl. The van der Waals surface area contributed by atoms with Gasteiger partial charge in [-0.25, -0.2) is 13.2 Å². The quantitative estimate of drug-likeness (QED) is 0.600. The van der Waals surface area contributed by atoms with E-state index in [9.17, 15) is 18.0 Å². The summed E-state index contributed by atoms with van der Waals surface area (Å²) in [6.45, 7) is -0.182. The van der Waals surface area contributed by atoms with Crippen molar-refractivity contribution in [1.82, 2.24) is 10.2 Å². The van der Waals surface area contributed by atoms with Gasteiger partial charge in [0.15, 0.2) is 0 Å². The lowest BCUT2D eigenvalue weighted by Gasteiger charge is -2.19. The normalized spacial score (nSPS) is 23.5. The molecule has 1 saturated carbocycles. The van der Waals surface area contributed by atoms with Gasteiger partial charge in [-0.05, 0) is 12.8 Å². The summed E-state index contributed by atoms with van der Waals surface area (Å²) < 4.78 is 21.6. The average Bonchev–Trinajstić information content (AvgIpc) is 2.73. The van der Waals surface area contributed by atoms with Crippen molar-refractivity contribution in [1.29, 1.82) is 0 Å². The van der Waals surface area contributed by atoms with Crippen LogP contribution in [-0.4, -0.2) is 43.1 Å². The van der Waals surface area contributed by atoms with Crippen LogP contribution in [0.15, 0.2) is 0 Å². The number of rotatable bonds is 3. The summed E-state index contributed by atoms with van der Waals surface area (Å²) in [5.74, 6) is -0.732. The Morgan fingerprint density at radius 3 is 2.41 bits per heavy atom. The molecule has 6 nitrogen and oxygen atoms in total. The number of carbonyl (C=O) groups is 2. The molecule has 1 aliphatic carbocycles. The number of amides is 3. The molecular weight excluding hydrogens is 268 g/mol. The van der Waals surface area contributed by atoms with Crippen LogP contribution >= 0.6 is 10.7 Å². The van der Waals surface area contributed by atoms with Crippen LogP contribution in [0.2, 0.25) is 0 Å². The van der Waals surface area contributed by atoms with E-state index in [0.29, 0.717) is 12.8 Å². The molecule has 1 N–H and O–H groups in total. The van der Waals surface area contributed by atoms with Gasteiger partial charge in [-0.1, -0.05) is 12.8 Å². The molecule has 2 rings (SSSR count). The number of nitrogens with zero attached hydrogens (tertiary/aromatic N) is 1. The number of imide groups is 1. The molecule has 8 heteroatoms. The third kappa shape index (κ3) is 2.40. The molecule has 0 atom stereocenters. The van der Waals surface area contributed by atoms with E-state index < -0.39 is 26.4 Å². The second kappa shape index (κ2) is 4.13. The number of urea groups is 1. The van der Waals surface area contributed by atoms with Crippen LogP contribution in [-0.2, 0) is 13.8 Å². The molecule has 1 saturated heterocycles. The molecule has 96 valence electrons. The first kappa shape index (κ1) is 12.6. The number of carbonyl (C=O) groups excluding carboxylic acids is 2. The molecule has 0 aromatic heterocycles. The van der Waals surface area contributed by atoms with Crippen LogP contribution in [0.5, 0.6) is 0 Å². The predicted octanol–water partition coefficient (Wildman–Crippen LogP) is 0.420. The van der Waals surface area contributed by atoms with Crippen LogP contribution < -0.4 is 5.32 Å². The minimum absolute atomic E-state index is 0.182. The Morgan fingerprint density at radius 2 is 1.88 bits per heavy atom. The fourth-order valence-electron chi connectivity index (χ4n) is 2.40. The van der Waals surface area contributed by atoms with E-state index in [1.807, 2.05) is 0 Å². The highest BCUT2D eigenvalue weighted by Crippen LogP contribution is 2.34. The zero-order valence-electron chi connectivity index (χ0n) is 9.11. The third-order valence-corrected chi connectivity index (χ3v) is 4.39. The minimum Gasteiger partial charge on any atom is -0.323 e. The van der Waals surface area contributed by atoms with Gasteiger partial charge in [0.05, 0.1) is 5.75 Å². The summed E-state index contributed by atoms with van der Waals surface area (Å²) in [7, 11) is 1.37. The Kier molecular flexibility index (Phi) is 3.07. The van der Waals surface area contributed by atoms with Crippen molar-refractivity contribution >= 4 is 31.7 Å². The van der Waals surface area contributed by atoms with E-state index in [4.69, 9.17) is 10.7 Å². The summed E-state index contributed by atoms with van der Waals surface area (Å²) in [6.07, 6.45) is 3.05. The van der Waals surface area contributed by atoms with E-state index in [-0.39, 0.29) is 12.5 Å². The highest BCUT2D eigenvalue weighted by atomic mass is 35.7. The molecule has 1 spiro atoms. The lowest BCUT2D eigenvalue weighted by atomic mass is 9.98. The van der Waals surface area contributed by atoms with Crippen LogP contribution in [0.4, 0.5) is 4.79 Å². The number of nitrogens with one attached hydrogen (secondary N) is 1. The third-order valence-electron chi connectivity index (χ3n) is 3.26. The van der Waals surface area contributed by atoms with Crippen molar-refractivity contribution in [3.05, 3.63) is 0 Å². The Hall–Kier alpha value is -0.820. The Labute approximate surface area is 104 Å². The van der Waals surface area contributed by atoms with Gasteiger partial charge in [0.25, 0.3) is 5.91 Å². The van der Waals surface area contributed by atoms with E-state index in [0.717, 1.165) is 17.7 Å². The largest absolute Gasteiger partial charge is 0.325 e. The molecule has 0 aromatic carbocycles. The zero-order chi connectivity index (χ0) is 12.7.